The smallest absolute Gasteiger partial charge is 0.297 e. The quantitative estimate of drug-likeness (QED) is 0.347. The highest BCUT2D eigenvalue weighted by molar-refractivity contribution is 7.15. The molecular formula is C25H21ClN2O4S. The van der Waals surface area contributed by atoms with Crippen LogP contribution in [-0.2, 0) is 0 Å². The van der Waals surface area contributed by atoms with Gasteiger partial charge in [-0.05, 0) is 56.2 Å². The minimum atomic E-state index is -0.692. The summed E-state index contributed by atoms with van der Waals surface area (Å²) < 4.78 is 11.8. The lowest BCUT2D eigenvalue weighted by Gasteiger charge is -2.23. The molecule has 168 valence electrons. The van der Waals surface area contributed by atoms with E-state index in [0.29, 0.717) is 33.5 Å². The number of halogens is 1. The molecule has 1 aliphatic heterocycles. The summed E-state index contributed by atoms with van der Waals surface area (Å²) in [5, 5.41) is 1.28. The fourth-order valence-corrected chi connectivity index (χ4v) is 5.12. The molecule has 1 amide bonds. The van der Waals surface area contributed by atoms with E-state index in [1.165, 1.54) is 11.3 Å². The molecule has 0 fully saturated rings. The first-order chi connectivity index (χ1) is 15.9. The molecule has 2 aromatic carbocycles. The van der Waals surface area contributed by atoms with E-state index in [9.17, 15) is 9.59 Å². The van der Waals surface area contributed by atoms with E-state index in [1.807, 2.05) is 45.0 Å². The summed E-state index contributed by atoms with van der Waals surface area (Å²) >= 11 is 7.57. The molecule has 4 aromatic rings. The van der Waals surface area contributed by atoms with Crippen LogP contribution in [0.5, 0.6) is 5.75 Å². The number of thiazole rings is 1. The van der Waals surface area contributed by atoms with Gasteiger partial charge in [0.2, 0.25) is 5.76 Å². The molecular weight excluding hydrogens is 460 g/mol. The largest absolute Gasteiger partial charge is 0.494 e. The maximum atomic E-state index is 13.7. The predicted molar refractivity (Wildman–Crippen MR) is 130 cm³/mol. The second-order valence-corrected chi connectivity index (χ2v) is 9.57. The number of nitrogens with zero attached hydrogens (tertiary/aromatic N) is 2. The van der Waals surface area contributed by atoms with Crippen LogP contribution in [0, 0.1) is 13.8 Å². The molecule has 0 aliphatic carbocycles. The molecule has 5 rings (SSSR count). The maximum absolute atomic E-state index is 13.7. The molecule has 33 heavy (non-hydrogen) atoms. The molecule has 2 aromatic heterocycles. The highest BCUT2D eigenvalue weighted by Gasteiger charge is 2.45. The molecule has 0 saturated carbocycles. The third kappa shape index (κ3) is 3.61. The standard InChI is InChI=1S/C25H21ClN2O4S/c1-4-10-31-17-7-5-6-15(11-17)21-20-22(29)18-12-16(26)8-9-19(18)32-23(20)24(30)28(21)25-27-13(2)14(3)33-25/h5-9,11-12,21H,4,10H2,1-3H3/t21-/m0/s1. The fourth-order valence-electron chi connectivity index (χ4n) is 4.01. The van der Waals surface area contributed by atoms with Gasteiger partial charge in [0.15, 0.2) is 10.6 Å². The van der Waals surface area contributed by atoms with Crippen LogP contribution in [0.25, 0.3) is 11.0 Å². The lowest BCUT2D eigenvalue weighted by molar-refractivity contribution is 0.0971. The Hall–Kier alpha value is -3.16. The minimum absolute atomic E-state index is 0.0326. The van der Waals surface area contributed by atoms with Gasteiger partial charge in [-0.1, -0.05) is 30.7 Å². The molecule has 0 saturated heterocycles. The van der Waals surface area contributed by atoms with Crippen LogP contribution >= 0.6 is 22.9 Å². The van der Waals surface area contributed by atoms with E-state index in [1.54, 1.807) is 23.1 Å². The van der Waals surface area contributed by atoms with Gasteiger partial charge in [0.1, 0.15) is 11.3 Å². The highest BCUT2D eigenvalue weighted by Crippen LogP contribution is 2.43. The van der Waals surface area contributed by atoms with Crippen LogP contribution in [0.3, 0.4) is 0 Å². The van der Waals surface area contributed by atoms with Gasteiger partial charge in [-0.15, -0.1) is 11.3 Å². The molecule has 1 atom stereocenters. The molecule has 0 N–H and O–H groups in total. The first kappa shape index (κ1) is 21.7. The van der Waals surface area contributed by atoms with E-state index >= 15 is 0 Å². The third-order valence-electron chi connectivity index (χ3n) is 5.70. The van der Waals surface area contributed by atoms with Crippen LogP contribution in [0.2, 0.25) is 5.02 Å². The molecule has 3 heterocycles. The van der Waals surface area contributed by atoms with Crippen LogP contribution in [0.15, 0.2) is 51.7 Å². The zero-order valence-electron chi connectivity index (χ0n) is 18.3. The number of hydrogen-bond donors (Lipinski definition) is 0. The van der Waals surface area contributed by atoms with Gasteiger partial charge < -0.3 is 9.15 Å². The number of aromatic nitrogens is 1. The summed E-state index contributed by atoms with van der Waals surface area (Å²) in [7, 11) is 0. The summed E-state index contributed by atoms with van der Waals surface area (Å²) in [6, 6.07) is 11.6. The Balaban J connectivity index is 1.76. The molecule has 8 heteroatoms. The summed E-state index contributed by atoms with van der Waals surface area (Å²) in [5.41, 5.74) is 1.92. The Morgan fingerprint density at radius 3 is 2.73 bits per heavy atom. The summed E-state index contributed by atoms with van der Waals surface area (Å²) in [6.45, 7) is 6.46. The monoisotopic (exact) mass is 480 g/mol. The average Bonchev–Trinajstić information content (AvgIpc) is 3.29. The predicted octanol–water partition coefficient (Wildman–Crippen LogP) is 6.06. The normalized spacial score (nSPS) is 15.3. The number of carbonyl (C=O) groups is 1. The Kier molecular flexibility index (Phi) is 5.46. The van der Waals surface area contributed by atoms with Crippen LogP contribution in [0.4, 0.5) is 5.13 Å². The fraction of sp³-hybridized carbons (Fsp3) is 0.240. The number of fused-ring (bicyclic) bond motifs is 2. The van der Waals surface area contributed by atoms with Crippen molar-refractivity contribution >= 4 is 44.9 Å². The van der Waals surface area contributed by atoms with Crippen molar-refractivity contribution in [1.29, 1.82) is 0 Å². The Labute approximate surface area is 199 Å². The number of amides is 1. The summed E-state index contributed by atoms with van der Waals surface area (Å²) in [4.78, 5) is 34.5. The van der Waals surface area contributed by atoms with Crippen LogP contribution in [0.1, 0.15) is 51.6 Å². The van der Waals surface area contributed by atoms with Crippen molar-refractivity contribution < 1.29 is 13.9 Å². The second-order valence-electron chi connectivity index (χ2n) is 7.95. The Bertz CT molecular complexity index is 1440. The van der Waals surface area contributed by atoms with E-state index < -0.39 is 11.9 Å². The number of hydrogen-bond acceptors (Lipinski definition) is 6. The van der Waals surface area contributed by atoms with Gasteiger partial charge in [-0.25, -0.2) is 4.98 Å². The molecule has 0 bridgehead atoms. The number of benzene rings is 2. The lowest BCUT2D eigenvalue weighted by atomic mass is 9.98. The SMILES string of the molecule is CCCOc1cccc([C@H]2c3c(oc4ccc(Cl)cc4c3=O)C(=O)N2c2nc(C)c(C)s2)c1. The first-order valence-corrected chi connectivity index (χ1v) is 11.8. The van der Waals surface area contributed by atoms with Crippen molar-refractivity contribution in [2.24, 2.45) is 0 Å². The number of aryl methyl sites for hydroxylation is 2. The summed E-state index contributed by atoms with van der Waals surface area (Å²) in [5.74, 6) is 0.317. The second kappa shape index (κ2) is 8.32. The van der Waals surface area contributed by atoms with Crippen molar-refractivity contribution in [2.45, 2.75) is 33.2 Å². The van der Waals surface area contributed by atoms with Crippen molar-refractivity contribution in [2.75, 3.05) is 11.5 Å². The van der Waals surface area contributed by atoms with E-state index in [-0.39, 0.29) is 16.8 Å². The summed E-state index contributed by atoms with van der Waals surface area (Å²) in [6.07, 6.45) is 0.870. The average molecular weight is 481 g/mol. The zero-order chi connectivity index (χ0) is 23.3. The number of anilines is 1. The highest BCUT2D eigenvalue weighted by atomic mass is 35.5. The van der Waals surface area contributed by atoms with Crippen molar-refractivity contribution in [1.82, 2.24) is 4.98 Å². The van der Waals surface area contributed by atoms with Crippen molar-refractivity contribution in [3.05, 3.63) is 85.2 Å². The van der Waals surface area contributed by atoms with E-state index in [0.717, 1.165) is 22.6 Å². The Morgan fingerprint density at radius 2 is 2.00 bits per heavy atom. The number of ether oxygens (including phenoxy) is 1. The molecule has 1 aliphatic rings. The molecule has 0 unspecified atom stereocenters. The molecule has 0 spiro atoms. The number of carbonyl (C=O) groups excluding carboxylic acids is 1. The Morgan fingerprint density at radius 1 is 1.18 bits per heavy atom. The zero-order valence-corrected chi connectivity index (χ0v) is 19.9. The maximum Gasteiger partial charge on any atom is 0.297 e. The van der Waals surface area contributed by atoms with Crippen LogP contribution < -0.4 is 15.1 Å². The third-order valence-corrected chi connectivity index (χ3v) is 7.01. The van der Waals surface area contributed by atoms with E-state index in [2.05, 4.69) is 4.98 Å². The van der Waals surface area contributed by atoms with Gasteiger partial charge in [0.05, 0.1) is 29.3 Å². The van der Waals surface area contributed by atoms with Gasteiger partial charge >= 0.3 is 0 Å². The minimum Gasteiger partial charge on any atom is -0.494 e. The lowest BCUT2D eigenvalue weighted by Crippen LogP contribution is -2.29. The van der Waals surface area contributed by atoms with Crippen molar-refractivity contribution in [3.8, 4) is 5.75 Å². The topological polar surface area (TPSA) is 72.6 Å². The van der Waals surface area contributed by atoms with Gasteiger partial charge in [0.25, 0.3) is 5.91 Å². The van der Waals surface area contributed by atoms with E-state index in [4.69, 9.17) is 20.8 Å². The van der Waals surface area contributed by atoms with Crippen LogP contribution in [-0.4, -0.2) is 17.5 Å². The van der Waals surface area contributed by atoms with Crippen molar-refractivity contribution in [3.63, 3.8) is 0 Å². The van der Waals surface area contributed by atoms with Gasteiger partial charge in [-0.2, -0.15) is 0 Å². The van der Waals surface area contributed by atoms with Gasteiger partial charge in [0, 0.05) is 9.90 Å². The first-order valence-electron chi connectivity index (χ1n) is 10.7. The number of rotatable bonds is 5. The van der Waals surface area contributed by atoms with Gasteiger partial charge in [-0.3, -0.25) is 14.5 Å². The molecule has 6 nitrogen and oxygen atoms in total. The molecule has 0 radical (unpaired) electrons.